The Morgan fingerprint density at radius 2 is 2.17 bits per heavy atom. The van der Waals surface area contributed by atoms with Crippen LogP contribution in [0.2, 0.25) is 5.02 Å². The average Bonchev–Trinajstić information content (AvgIpc) is 3.24. The van der Waals surface area contributed by atoms with E-state index in [1.807, 2.05) is 0 Å². The summed E-state index contributed by atoms with van der Waals surface area (Å²) in [5, 5.41) is 6.09. The van der Waals surface area contributed by atoms with Gasteiger partial charge in [0, 0.05) is 5.02 Å². The summed E-state index contributed by atoms with van der Waals surface area (Å²) in [5.41, 5.74) is 0.478. The molecule has 0 aliphatic carbocycles. The Kier molecular flexibility index (Phi) is 5.28. The molecule has 0 saturated heterocycles. The number of furan rings is 1. The number of allylic oxidation sites excluding steroid dienone is 1. The number of fused-ring (bicyclic) bond motifs is 1. The molecule has 0 spiro atoms. The number of hydrogen-bond donors (Lipinski definition) is 2. The van der Waals surface area contributed by atoms with Gasteiger partial charge >= 0.3 is 12.0 Å². The van der Waals surface area contributed by atoms with Crippen molar-refractivity contribution in [3.8, 4) is 0 Å². The Hall–Kier alpha value is -3.59. The van der Waals surface area contributed by atoms with Crippen molar-refractivity contribution in [1.29, 1.82) is 0 Å². The van der Waals surface area contributed by atoms with Gasteiger partial charge in [-0.1, -0.05) is 11.6 Å². The van der Waals surface area contributed by atoms with Gasteiger partial charge in [0.1, 0.15) is 11.8 Å². The van der Waals surface area contributed by atoms with Gasteiger partial charge < -0.3 is 19.8 Å². The fraction of sp³-hybridized carbons (Fsp3) is 0.200. The summed E-state index contributed by atoms with van der Waals surface area (Å²) < 4.78 is 11.9. The minimum Gasteiger partial charge on any atom is -0.467 e. The molecule has 0 radical (unpaired) electrons. The van der Waals surface area contributed by atoms with Gasteiger partial charge in [0.05, 0.1) is 47.9 Å². The normalized spacial score (nSPS) is 16.3. The molecule has 1 aliphatic heterocycles. The molecule has 2 aromatic heterocycles. The summed E-state index contributed by atoms with van der Waals surface area (Å²) in [6.45, 7) is 1.73. The SMILES string of the molecule is CCOC(=O)C1=C(Cn2cnc3cc(Cl)ccc3c2=O)NC(=O)NC1c1ccco1. The molecule has 1 aromatic carbocycles. The Morgan fingerprint density at radius 3 is 2.90 bits per heavy atom. The van der Waals surface area contributed by atoms with Crippen LogP contribution in [0.4, 0.5) is 4.79 Å². The molecule has 1 aliphatic rings. The maximum Gasteiger partial charge on any atom is 0.338 e. The molecule has 1 atom stereocenters. The van der Waals surface area contributed by atoms with E-state index in [0.29, 0.717) is 21.7 Å². The van der Waals surface area contributed by atoms with Crippen LogP contribution >= 0.6 is 11.6 Å². The van der Waals surface area contributed by atoms with E-state index in [4.69, 9.17) is 20.8 Å². The van der Waals surface area contributed by atoms with Gasteiger partial charge in [0.15, 0.2) is 0 Å². The summed E-state index contributed by atoms with van der Waals surface area (Å²) in [4.78, 5) is 42.1. The van der Waals surface area contributed by atoms with Crippen LogP contribution in [0.5, 0.6) is 0 Å². The van der Waals surface area contributed by atoms with Gasteiger partial charge in [-0.05, 0) is 37.3 Å². The van der Waals surface area contributed by atoms with Crippen LogP contribution in [-0.2, 0) is 16.1 Å². The lowest BCUT2D eigenvalue weighted by Crippen LogP contribution is -2.47. The van der Waals surface area contributed by atoms with E-state index >= 15 is 0 Å². The highest BCUT2D eigenvalue weighted by Crippen LogP contribution is 2.28. The number of carbonyl (C=O) groups is 2. The molecule has 3 heterocycles. The number of urea groups is 1. The van der Waals surface area contributed by atoms with Gasteiger partial charge in [-0.3, -0.25) is 9.36 Å². The summed E-state index contributed by atoms with van der Waals surface area (Å²) in [7, 11) is 0. The molecule has 3 aromatic rings. The van der Waals surface area contributed by atoms with Crippen LogP contribution in [0.1, 0.15) is 18.7 Å². The van der Waals surface area contributed by atoms with Gasteiger partial charge in [-0.15, -0.1) is 0 Å². The predicted molar refractivity (Wildman–Crippen MR) is 108 cm³/mol. The first-order valence-electron chi connectivity index (χ1n) is 9.13. The number of benzene rings is 1. The minimum absolute atomic E-state index is 0.0941. The van der Waals surface area contributed by atoms with E-state index in [1.54, 1.807) is 37.3 Å². The largest absolute Gasteiger partial charge is 0.467 e. The number of carbonyl (C=O) groups excluding carboxylic acids is 2. The Labute approximate surface area is 175 Å². The first kappa shape index (κ1) is 19.7. The Bertz CT molecular complexity index is 1220. The highest BCUT2D eigenvalue weighted by Gasteiger charge is 2.35. The average molecular weight is 429 g/mol. The Balaban J connectivity index is 1.82. The van der Waals surface area contributed by atoms with E-state index in [2.05, 4.69) is 15.6 Å². The zero-order chi connectivity index (χ0) is 21.3. The smallest absolute Gasteiger partial charge is 0.338 e. The molecule has 2 amide bonds. The predicted octanol–water partition coefficient (Wildman–Crippen LogP) is 2.51. The standard InChI is InChI=1S/C20H17ClN4O5/c1-2-29-19(27)16-14(23-20(28)24-17(16)15-4-3-7-30-15)9-25-10-22-13-8-11(21)5-6-12(13)18(25)26/h3-8,10,17H,2,9H2,1H3,(H2,23,24,28). The van der Waals surface area contributed by atoms with Crippen molar-refractivity contribution in [2.75, 3.05) is 6.61 Å². The third-order valence-electron chi connectivity index (χ3n) is 4.59. The van der Waals surface area contributed by atoms with Gasteiger partial charge in [-0.2, -0.15) is 0 Å². The summed E-state index contributed by atoms with van der Waals surface area (Å²) in [5.74, 6) is -0.265. The number of ether oxygens (including phenoxy) is 1. The molecular formula is C20H17ClN4O5. The fourth-order valence-electron chi connectivity index (χ4n) is 3.28. The van der Waals surface area contributed by atoms with Crippen LogP contribution in [0.3, 0.4) is 0 Å². The molecule has 0 fully saturated rings. The van der Waals surface area contributed by atoms with Crippen molar-refractivity contribution in [3.05, 3.63) is 75.3 Å². The van der Waals surface area contributed by atoms with Crippen molar-refractivity contribution in [2.24, 2.45) is 0 Å². The van der Waals surface area contributed by atoms with Gasteiger partial charge in [0.25, 0.3) is 5.56 Å². The number of hydrogen-bond acceptors (Lipinski definition) is 6. The maximum atomic E-state index is 12.9. The number of amides is 2. The lowest BCUT2D eigenvalue weighted by Gasteiger charge is -2.28. The van der Waals surface area contributed by atoms with E-state index < -0.39 is 18.0 Å². The van der Waals surface area contributed by atoms with Crippen LogP contribution in [0.25, 0.3) is 10.9 Å². The number of nitrogens with zero attached hydrogens (tertiary/aromatic N) is 2. The first-order chi connectivity index (χ1) is 14.5. The van der Waals surface area contributed by atoms with Crippen molar-refractivity contribution < 1.29 is 18.7 Å². The van der Waals surface area contributed by atoms with Crippen LogP contribution in [0.15, 0.2) is 63.4 Å². The van der Waals surface area contributed by atoms with Crippen LogP contribution in [-0.4, -0.2) is 28.2 Å². The lowest BCUT2D eigenvalue weighted by molar-refractivity contribution is -0.139. The van der Waals surface area contributed by atoms with Crippen LogP contribution in [0, 0.1) is 0 Å². The second-order valence-corrected chi connectivity index (χ2v) is 6.94. The summed E-state index contributed by atoms with van der Waals surface area (Å²) in [6, 6.07) is 6.66. The molecule has 30 heavy (non-hydrogen) atoms. The van der Waals surface area contributed by atoms with Gasteiger partial charge in [-0.25, -0.2) is 14.6 Å². The molecule has 154 valence electrons. The number of esters is 1. The maximum absolute atomic E-state index is 12.9. The second-order valence-electron chi connectivity index (χ2n) is 6.50. The fourth-order valence-corrected chi connectivity index (χ4v) is 3.44. The summed E-state index contributed by atoms with van der Waals surface area (Å²) >= 11 is 5.96. The molecular weight excluding hydrogens is 412 g/mol. The third-order valence-corrected chi connectivity index (χ3v) is 4.83. The highest BCUT2D eigenvalue weighted by atomic mass is 35.5. The molecule has 4 rings (SSSR count). The number of aromatic nitrogens is 2. The minimum atomic E-state index is -0.856. The molecule has 9 nitrogen and oxygen atoms in total. The van der Waals surface area contributed by atoms with Crippen molar-refractivity contribution in [1.82, 2.24) is 20.2 Å². The third kappa shape index (κ3) is 3.67. The Morgan fingerprint density at radius 1 is 1.33 bits per heavy atom. The molecule has 2 N–H and O–H groups in total. The molecule has 0 bridgehead atoms. The summed E-state index contributed by atoms with van der Waals surface area (Å²) in [6.07, 6.45) is 2.78. The van der Waals surface area contributed by atoms with Crippen molar-refractivity contribution >= 4 is 34.5 Å². The monoisotopic (exact) mass is 428 g/mol. The lowest BCUT2D eigenvalue weighted by atomic mass is 10.00. The number of nitrogens with one attached hydrogen (secondary N) is 2. The molecule has 0 saturated carbocycles. The van der Waals surface area contributed by atoms with Crippen molar-refractivity contribution in [2.45, 2.75) is 19.5 Å². The first-order valence-corrected chi connectivity index (χ1v) is 9.51. The van der Waals surface area contributed by atoms with E-state index in [9.17, 15) is 14.4 Å². The van der Waals surface area contributed by atoms with Gasteiger partial charge in [0.2, 0.25) is 0 Å². The van der Waals surface area contributed by atoms with Crippen molar-refractivity contribution in [3.63, 3.8) is 0 Å². The number of halogens is 1. The number of rotatable bonds is 5. The van der Waals surface area contributed by atoms with Crippen LogP contribution < -0.4 is 16.2 Å². The van der Waals surface area contributed by atoms with E-state index in [1.165, 1.54) is 17.2 Å². The topological polar surface area (TPSA) is 115 Å². The highest BCUT2D eigenvalue weighted by molar-refractivity contribution is 6.31. The second kappa shape index (κ2) is 8.03. The van der Waals surface area contributed by atoms with E-state index in [-0.39, 0.29) is 30.0 Å². The molecule has 10 heteroatoms. The molecule has 1 unspecified atom stereocenters. The van der Waals surface area contributed by atoms with E-state index in [0.717, 1.165) is 0 Å². The zero-order valence-corrected chi connectivity index (χ0v) is 16.6. The quantitative estimate of drug-likeness (QED) is 0.603. The zero-order valence-electron chi connectivity index (χ0n) is 15.8.